The van der Waals surface area contributed by atoms with E-state index in [1.165, 1.54) is 0 Å². The normalized spacial score (nSPS) is 14.8. The van der Waals surface area contributed by atoms with Crippen molar-refractivity contribution in [1.82, 2.24) is 14.7 Å². The maximum atomic E-state index is 12.6. The number of ether oxygens (including phenoxy) is 1. The van der Waals surface area contributed by atoms with Crippen LogP contribution in [0.4, 0.5) is 10.5 Å². The van der Waals surface area contributed by atoms with Crippen LogP contribution in [-0.2, 0) is 9.53 Å². The van der Waals surface area contributed by atoms with Crippen LogP contribution in [-0.4, -0.2) is 85.0 Å². The number of nitrogens with one attached hydrogen (secondary N) is 1. The molecule has 0 radical (unpaired) electrons. The van der Waals surface area contributed by atoms with Crippen molar-refractivity contribution in [2.45, 2.75) is 34.1 Å². The maximum absolute atomic E-state index is 12.6. The third kappa shape index (κ3) is 7.86. The number of carbonyl (C=O) groups excluding carboxylic acids is 3. The summed E-state index contributed by atoms with van der Waals surface area (Å²) < 4.78 is 5.32. The zero-order chi connectivity index (χ0) is 22.8. The van der Waals surface area contributed by atoms with Gasteiger partial charge in [-0.1, -0.05) is 19.9 Å². The molecule has 1 saturated heterocycles. The average Bonchev–Trinajstić information content (AvgIpc) is 2.98. The van der Waals surface area contributed by atoms with Crippen LogP contribution in [0.2, 0.25) is 0 Å². The summed E-state index contributed by atoms with van der Waals surface area (Å²) >= 11 is 0. The Balaban J connectivity index is 1.87. The highest BCUT2D eigenvalue weighted by molar-refractivity contribution is 5.97. The van der Waals surface area contributed by atoms with Gasteiger partial charge in [0.05, 0.1) is 13.2 Å². The predicted molar refractivity (Wildman–Crippen MR) is 121 cm³/mol. The SMILES string of the molecule is CCN(CC)C(=O)c1cccc(NC(=O)CN2CCCN(C(=O)OCC(C)C)CC2)c1. The molecule has 1 aromatic rings. The number of rotatable bonds is 8. The summed E-state index contributed by atoms with van der Waals surface area (Å²) in [5.74, 6) is 0.123. The Kier molecular flexibility index (Phi) is 9.78. The molecule has 1 N–H and O–H groups in total. The summed E-state index contributed by atoms with van der Waals surface area (Å²) in [6.07, 6.45) is 0.507. The second-order valence-electron chi connectivity index (χ2n) is 8.19. The van der Waals surface area contributed by atoms with Crippen molar-refractivity contribution < 1.29 is 19.1 Å². The van der Waals surface area contributed by atoms with E-state index in [1.54, 1.807) is 34.1 Å². The van der Waals surface area contributed by atoms with E-state index in [1.807, 2.05) is 32.6 Å². The molecule has 0 spiro atoms. The molecule has 172 valence electrons. The molecule has 1 heterocycles. The van der Waals surface area contributed by atoms with Crippen molar-refractivity contribution in [3.8, 4) is 0 Å². The Bertz CT molecular complexity index is 749. The monoisotopic (exact) mass is 432 g/mol. The summed E-state index contributed by atoms with van der Waals surface area (Å²) in [5, 5.41) is 2.89. The number of benzene rings is 1. The van der Waals surface area contributed by atoms with Crippen molar-refractivity contribution in [3.63, 3.8) is 0 Å². The third-order valence-corrected chi connectivity index (χ3v) is 5.20. The zero-order valence-corrected chi connectivity index (χ0v) is 19.2. The van der Waals surface area contributed by atoms with Gasteiger partial charge in [0.2, 0.25) is 5.91 Å². The second kappa shape index (κ2) is 12.3. The lowest BCUT2D eigenvalue weighted by molar-refractivity contribution is -0.117. The predicted octanol–water partition coefficient (Wildman–Crippen LogP) is 2.91. The van der Waals surface area contributed by atoms with E-state index in [2.05, 4.69) is 5.32 Å². The number of nitrogens with zero attached hydrogens (tertiary/aromatic N) is 3. The lowest BCUT2D eigenvalue weighted by atomic mass is 10.1. The summed E-state index contributed by atoms with van der Waals surface area (Å²) in [4.78, 5) is 42.8. The van der Waals surface area contributed by atoms with E-state index >= 15 is 0 Å². The molecule has 0 unspecified atom stereocenters. The lowest BCUT2D eigenvalue weighted by Gasteiger charge is -2.22. The van der Waals surface area contributed by atoms with Crippen LogP contribution < -0.4 is 5.32 Å². The minimum Gasteiger partial charge on any atom is -0.449 e. The van der Waals surface area contributed by atoms with Gasteiger partial charge >= 0.3 is 6.09 Å². The molecule has 1 aliphatic rings. The molecule has 31 heavy (non-hydrogen) atoms. The molecule has 0 aromatic heterocycles. The maximum Gasteiger partial charge on any atom is 0.409 e. The van der Waals surface area contributed by atoms with Crippen molar-refractivity contribution >= 4 is 23.6 Å². The number of amides is 3. The molecule has 1 fully saturated rings. The van der Waals surface area contributed by atoms with E-state index in [-0.39, 0.29) is 24.5 Å². The van der Waals surface area contributed by atoms with E-state index in [4.69, 9.17) is 4.74 Å². The first-order chi connectivity index (χ1) is 14.8. The zero-order valence-electron chi connectivity index (χ0n) is 19.2. The topological polar surface area (TPSA) is 82.2 Å². The van der Waals surface area contributed by atoms with Gasteiger partial charge in [0, 0.05) is 50.5 Å². The fraction of sp³-hybridized carbons (Fsp3) is 0.609. The quantitative estimate of drug-likeness (QED) is 0.683. The third-order valence-electron chi connectivity index (χ3n) is 5.20. The summed E-state index contributed by atoms with van der Waals surface area (Å²) in [6, 6.07) is 7.04. The Morgan fingerprint density at radius 3 is 2.52 bits per heavy atom. The highest BCUT2D eigenvalue weighted by Gasteiger charge is 2.22. The van der Waals surface area contributed by atoms with Gasteiger partial charge < -0.3 is 19.9 Å². The van der Waals surface area contributed by atoms with E-state index in [9.17, 15) is 14.4 Å². The minimum absolute atomic E-state index is 0.0435. The van der Waals surface area contributed by atoms with Gasteiger partial charge in [-0.15, -0.1) is 0 Å². The van der Waals surface area contributed by atoms with Crippen molar-refractivity contribution in [2.75, 3.05) is 57.7 Å². The van der Waals surface area contributed by atoms with Gasteiger partial charge in [0.15, 0.2) is 0 Å². The van der Waals surface area contributed by atoms with E-state index in [0.29, 0.717) is 56.5 Å². The molecule has 8 nitrogen and oxygen atoms in total. The molecule has 3 amide bonds. The van der Waals surface area contributed by atoms with Gasteiger partial charge in [0.1, 0.15) is 0 Å². The Hall–Kier alpha value is -2.61. The number of hydrogen-bond acceptors (Lipinski definition) is 5. The van der Waals surface area contributed by atoms with Crippen LogP contribution >= 0.6 is 0 Å². The first-order valence-electron chi connectivity index (χ1n) is 11.2. The highest BCUT2D eigenvalue weighted by Crippen LogP contribution is 2.13. The van der Waals surface area contributed by atoms with Crippen molar-refractivity contribution in [1.29, 1.82) is 0 Å². The Morgan fingerprint density at radius 1 is 1.10 bits per heavy atom. The molecule has 0 bridgehead atoms. The lowest BCUT2D eigenvalue weighted by Crippen LogP contribution is -2.38. The number of hydrogen-bond donors (Lipinski definition) is 1. The Morgan fingerprint density at radius 2 is 1.84 bits per heavy atom. The van der Waals surface area contributed by atoms with E-state index < -0.39 is 0 Å². The van der Waals surface area contributed by atoms with Crippen LogP contribution in [0.1, 0.15) is 44.5 Å². The molecule has 0 atom stereocenters. The second-order valence-corrected chi connectivity index (χ2v) is 8.19. The highest BCUT2D eigenvalue weighted by atomic mass is 16.6. The average molecular weight is 433 g/mol. The van der Waals surface area contributed by atoms with Gasteiger partial charge in [-0.3, -0.25) is 14.5 Å². The molecule has 8 heteroatoms. The van der Waals surface area contributed by atoms with Crippen LogP contribution in [0.3, 0.4) is 0 Å². The fourth-order valence-electron chi connectivity index (χ4n) is 3.47. The molecular formula is C23H36N4O4. The molecule has 0 saturated carbocycles. The first-order valence-corrected chi connectivity index (χ1v) is 11.2. The van der Waals surface area contributed by atoms with Crippen LogP contribution in [0.15, 0.2) is 24.3 Å². The smallest absolute Gasteiger partial charge is 0.409 e. The van der Waals surface area contributed by atoms with E-state index in [0.717, 1.165) is 13.0 Å². The standard InChI is InChI=1S/C23H36N4O4/c1-5-26(6-2)22(29)19-9-7-10-20(15-19)24-21(28)16-25-11-8-12-27(14-13-25)23(30)31-17-18(3)4/h7,9-10,15,18H,5-6,8,11-14,16-17H2,1-4H3,(H,24,28). The van der Waals surface area contributed by atoms with Gasteiger partial charge in [-0.25, -0.2) is 4.79 Å². The molecule has 1 aliphatic heterocycles. The molecule has 2 rings (SSSR count). The van der Waals surface area contributed by atoms with Crippen molar-refractivity contribution in [2.24, 2.45) is 5.92 Å². The Labute approximate surface area is 185 Å². The summed E-state index contributed by atoms with van der Waals surface area (Å²) in [5.41, 5.74) is 1.17. The number of anilines is 1. The first kappa shape index (κ1) is 24.7. The molecule has 1 aromatic carbocycles. The van der Waals surface area contributed by atoms with Crippen LogP contribution in [0.5, 0.6) is 0 Å². The fourth-order valence-corrected chi connectivity index (χ4v) is 3.47. The van der Waals surface area contributed by atoms with Gasteiger partial charge in [0.25, 0.3) is 5.91 Å². The minimum atomic E-state index is -0.283. The molecular weight excluding hydrogens is 396 g/mol. The van der Waals surface area contributed by atoms with Gasteiger partial charge in [-0.05, 0) is 44.4 Å². The number of carbonyl (C=O) groups is 3. The summed E-state index contributed by atoms with van der Waals surface area (Å²) in [7, 11) is 0. The largest absolute Gasteiger partial charge is 0.449 e. The summed E-state index contributed by atoms with van der Waals surface area (Å²) in [6.45, 7) is 12.4. The molecule has 0 aliphatic carbocycles. The van der Waals surface area contributed by atoms with Gasteiger partial charge in [-0.2, -0.15) is 0 Å². The van der Waals surface area contributed by atoms with Crippen molar-refractivity contribution in [3.05, 3.63) is 29.8 Å². The van der Waals surface area contributed by atoms with Crippen LogP contribution in [0, 0.1) is 5.92 Å². The van der Waals surface area contributed by atoms with Crippen LogP contribution in [0.25, 0.3) is 0 Å².